The van der Waals surface area contributed by atoms with Gasteiger partial charge in [-0.3, -0.25) is 0 Å². The number of nitrogens with two attached hydrogens (primary N) is 1. The molecule has 54 valence electrons. The van der Waals surface area contributed by atoms with E-state index in [1.807, 2.05) is 0 Å². The lowest BCUT2D eigenvalue weighted by Gasteiger charge is -2.22. The van der Waals surface area contributed by atoms with Crippen molar-refractivity contribution in [3.8, 4) is 0 Å². The van der Waals surface area contributed by atoms with Crippen LogP contribution in [-0.4, -0.2) is 17.3 Å². The highest BCUT2D eigenvalue weighted by atomic mass is 16.3. The summed E-state index contributed by atoms with van der Waals surface area (Å²) < 4.78 is 0. The lowest BCUT2D eigenvalue weighted by Crippen LogP contribution is -2.28. The molecule has 2 nitrogen and oxygen atoms in total. The summed E-state index contributed by atoms with van der Waals surface area (Å²) in [5.41, 5.74) is 5.25. The molecule has 0 radical (unpaired) electrons. The van der Waals surface area contributed by atoms with Gasteiger partial charge in [0, 0.05) is 0 Å². The van der Waals surface area contributed by atoms with E-state index >= 15 is 0 Å². The maximum Gasteiger partial charge on any atom is 0.0835 e. The van der Waals surface area contributed by atoms with Gasteiger partial charge in [0.25, 0.3) is 0 Å². The van der Waals surface area contributed by atoms with Crippen LogP contribution in [0.1, 0.15) is 20.3 Å². The minimum absolute atomic E-state index is 0.500. The summed E-state index contributed by atoms with van der Waals surface area (Å²) in [6.45, 7) is 7.67. The molecule has 0 amide bonds. The lowest BCUT2D eigenvalue weighted by molar-refractivity contribution is 0.0922. The van der Waals surface area contributed by atoms with Crippen LogP contribution in [0.15, 0.2) is 12.2 Å². The van der Waals surface area contributed by atoms with Crippen LogP contribution in [0.25, 0.3) is 0 Å². The third-order valence-electron chi connectivity index (χ3n) is 1.55. The molecule has 1 unspecified atom stereocenters. The monoisotopic (exact) mass is 129 g/mol. The Bertz CT molecular complexity index is 107. The molecule has 0 fully saturated rings. The van der Waals surface area contributed by atoms with Crippen LogP contribution in [0.4, 0.5) is 0 Å². The summed E-state index contributed by atoms with van der Waals surface area (Å²) in [6.07, 6.45) is 0.586. The highest BCUT2D eigenvalue weighted by Crippen LogP contribution is 2.16. The van der Waals surface area contributed by atoms with Gasteiger partial charge in [0.1, 0.15) is 0 Å². The molecule has 0 saturated heterocycles. The molecule has 0 heterocycles. The minimum atomic E-state index is -0.769. The molecule has 0 aromatic heterocycles. The average molecular weight is 129 g/mol. The summed E-state index contributed by atoms with van der Waals surface area (Å²) in [4.78, 5) is 0. The Kier molecular flexibility index (Phi) is 2.88. The second kappa shape index (κ2) is 2.99. The Balaban J connectivity index is 3.85. The van der Waals surface area contributed by atoms with E-state index in [2.05, 4.69) is 6.58 Å². The summed E-state index contributed by atoms with van der Waals surface area (Å²) in [7, 11) is 0. The smallest absolute Gasteiger partial charge is 0.0835 e. The average Bonchev–Trinajstić information content (AvgIpc) is 1.65. The van der Waals surface area contributed by atoms with E-state index in [9.17, 15) is 5.11 Å². The van der Waals surface area contributed by atoms with Crippen molar-refractivity contribution in [3.05, 3.63) is 12.2 Å². The van der Waals surface area contributed by atoms with E-state index in [1.165, 1.54) is 0 Å². The topological polar surface area (TPSA) is 46.2 Å². The van der Waals surface area contributed by atoms with Gasteiger partial charge in [-0.1, -0.05) is 6.58 Å². The van der Waals surface area contributed by atoms with Crippen molar-refractivity contribution in [3.63, 3.8) is 0 Å². The van der Waals surface area contributed by atoms with Gasteiger partial charge in [-0.2, -0.15) is 0 Å². The van der Waals surface area contributed by atoms with Crippen molar-refractivity contribution in [2.75, 3.05) is 6.54 Å². The van der Waals surface area contributed by atoms with Crippen LogP contribution in [0.3, 0.4) is 0 Å². The van der Waals surface area contributed by atoms with Crippen molar-refractivity contribution in [1.29, 1.82) is 0 Å². The Morgan fingerprint density at radius 2 is 2.22 bits per heavy atom. The molecule has 1 atom stereocenters. The lowest BCUT2D eigenvalue weighted by atomic mass is 9.95. The first kappa shape index (κ1) is 8.66. The first-order valence-electron chi connectivity index (χ1n) is 3.09. The van der Waals surface area contributed by atoms with Gasteiger partial charge >= 0.3 is 0 Å². The van der Waals surface area contributed by atoms with Gasteiger partial charge in [-0.15, -0.1) is 0 Å². The van der Waals surface area contributed by atoms with Crippen molar-refractivity contribution in [2.24, 2.45) is 5.73 Å². The first-order valence-corrected chi connectivity index (χ1v) is 3.09. The van der Waals surface area contributed by atoms with Crippen LogP contribution in [0.2, 0.25) is 0 Å². The van der Waals surface area contributed by atoms with Crippen molar-refractivity contribution >= 4 is 0 Å². The minimum Gasteiger partial charge on any atom is -0.386 e. The second-order valence-electron chi connectivity index (χ2n) is 2.59. The molecule has 0 aliphatic rings. The molecule has 0 aromatic rings. The fourth-order valence-electron chi connectivity index (χ4n) is 0.494. The van der Waals surface area contributed by atoms with Crippen LogP contribution in [-0.2, 0) is 0 Å². The van der Waals surface area contributed by atoms with Crippen LogP contribution < -0.4 is 5.73 Å². The predicted molar refractivity (Wildman–Crippen MR) is 39.1 cm³/mol. The van der Waals surface area contributed by atoms with Crippen LogP contribution in [0.5, 0.6) is 0 Å². The maximum absolute atomic E-state index is 9.41. The number of aliphatic hydroxyl groups is 1. The third kappa shape index (κ3) is 2.63. The van der Waals surface area contributed by atoms with Gasteiger partial charge in [-0.05, 0) is 32.4 Å². The van der Waals surface area contributed by atoms with Crippen LogP contribution >= 0.6 is 0 Å². The summed E-state index contributed by atoms with van der Waals surface area (Å²) in [5.74, 6) is 0. The maximum atomic E-state index is 9.41. The molecule has 0 spiro atoms. The first-order chi connectivity index (χ1) is 4.00. The zero-order valence-corrected chi connectivity index (χ0v) is 6.15. The molecule has 0 rings (SSSR count). The molecule has 0 saturated carbocycles. The predicted octanol–water partition coefficient (Wildman–Crippen LogP) is 0.662. The molecule has 9 heavy (non-hydrogen) atoms. The normalized spacial score (nSPS) is 16.9. The molecule has 3 N–H and O–H groups in total. The van der Waals surface area contributed by atoms with Gasteiger partial charge in [0.15, 0.2) is 0 Å². The molecular formula is C7H15NO. The van der Waals surface area contributed by atoms with E-state index in [0.717, 1.165) is 5.57 Å². The molecule has 0 aliphatic heterocycles. The van der Waals surface area contributed by atoms with Gasteiger partial charge < -0.3 is 10.8 Å². The molecule has 2 heteroatoms. The summed E-state index contributed by atoms with van der Waals surface area (Å²) >= 11 is 0. The standard InChI is InChI=1S/C7H15NO/c1-6(2)7(3,9)4-5-8/h9H,1,4-5,8H2,2-3H3. The van der Waals surface area contributed by atoms with Crippen molar-refractivity contribution < 1.29 is 5.11 Å². The highest BCUT2D eigenvalue weighted by molar-refractivity contribution is 5.06. The van der Waals surface area contributed by atoms with E-state index in [-0.39, 0.29) is 0 Å². The zero-order chi connectivity index (χ0) is 7.49. The Morgan fingerprint density at radius 3 is 2.33 bits per heavy atom. The van der Waals surface area contributed by atoms with E-state index in [0.29, 0.717) is 13.0 Å². The fourth-order valence-corrected chi connectivity index (χ4v) is 0.494. The highest BCUT2D eigenvalue weighted by Gasteiger charge is 2.18. The van der Waals surface area contributed by atoms with E-state index in [1.54, 1.807) is 13.8 Å². The van der Waals surface area contributed by atoms with Gasteiger partial charge in [0.2, 0.25) is 0 Å². The number of hydrogen-bond donors (Lipinski definition) is 2. The fraction of sp³-hybridized carbons (Fsp3) is 0.714. The Hall–Kier alpha value is -0.340. The summed E-state index contributed by atoms with van der Waals surface area (Å²) in [6, 6.07) is 0. The van der Waals surface area contributed by atoms with Crippen molar-refractivity contribution in [1.82, 2.24) is 0 Å². The van der Waals surface area contributed by atoms with Crippen molar-refractivity contribution in [2.45, 2.75) is 25.9 Å². The third-order valence-corrected chi connectivity index (χ3v) is 1.55. The quantitative estimate of drug-likeness (QED) is 0.550. The van der Waals surface area contributed by atoms with E-state index < -0.39 is 5.60 Å². The zero-order valence-electron chi connectivity index (χ0n) is 6.15. The van der Waals surface area contributed by atoms with E-state index in [4.69, 9.17) is 5.73 Å². The van der Waals surface area contributed by atoms with Gasteiger partial charge in [0.05, 0.1) is 5.60 Å². The molecular weight excluding hydrogens is 114 g/mol. The van der Waals surface area contributed by atoms with Gasteiger partial charge in [-0.25, -0.2) is 0 Å². The molecule has 0 aliphatic carbocycles. The summed E-state index contributed by atoms with van der Waals surface area (Å²) in [5, 5.41) is 9.41. The molecule has 0 aromatic carbocycles. The number of rotatable bonds is 3. The molecule has 0 bridgehead atoms. The Labute approximate surface area is 56.4 Å². The number of hydrogen-bond acceptors (Lipinski definition) is 2. The Morgan fingerprint density at radius 1 is 1.78 bits per heavy atom. The van der Waals surface area contributed by atoms with Crippen LogP contribution in [0, 0.1) is 0 Å². The largest absolute Gasteiger partial charge is 0.386 e. The SMILES string of the molecule is C=C(C)C(C)(O)CCN. The second-order valence-corrected chi connectivity index (χ2v) is 2.59.